The van der Waals surface area contributed by atoms with Crippen LogP contribution in [0.4, 0.5) is 0 Å². The predicted octanol–water partition coefficient (Wildman–Crippen LogP) is 1.05. The zero-order valence-corrected chi connectivity index (χ0v) is 14.8. The smallest absolute Gasteiger partial charge is 0.274 e. The van der Waals surface area contributed by atoms with Gasteiger partial charge in [-0.15, -0.1) is 0 Å². The minimum absolute atomic E-state index is 0.0616. The summed E-state index contributed by atoms with van der Waals surface area (Å²) >= 11 is 0. The SMILES string of the molecule is Cn1ccc(C(=O)N2CCC3(CCCN(C4CCOCC4)C3=O)C2)n1. The fourth-order valence-electron chi connectivity index (χ4n) is 4.56. The van der Waals surface area contributed by atoms with Crippen LogP contribution in [-0.2, 0) is 16.6 Å². The molecule has 1 unspecified atom stereocenters. The Morgan fingerprint density at radius 3 is 2.80 bits per heavy atom. The molecule has 1 spiro atoms. The van der Waals surface area contributed by atoms with E-state index in [1.807, 2.05) is 4.90 Å². The van der Waals surface area contributed by atoms with Crippen LogP contribution in [0.15, 0.2) is 12.3 Å². The van der Waals surface area contributed by atoms with Crippen molar-refractivity contribution in [1.29, 1.82) is 0 Å². The Hall–Kier alpha value is -1.89. The highest BCUT2D eigenvalue weighted by Crippen LogP contribution is 2.41. The molecule has 1 aromatic heterocycles. The van der Waals surface area contributed by atoms with Crippen LogP contribution in [0.5, 0.6) is 0 Å². The highest BCUT2D eigenvalue weighted by atomic mass is 16.5. The highest BCUT2D eigenvalue weighted by molar-refractivity contribution is 5.94. The first-order valence-electron chi connectivity index (χ1n) is 9.27. The van der Waals surface area contributed by atoms with Crippen LogP contribution >= 0.6 is 0 Å². The van der Waals surface area contributed by atoms with Gasteiger partial charge in [-0.05, 0) is 38.2 Å². The van der Waals surface area contributed by atoms with Crippen LogP contribution in [0.1, 0.15) is 42.6 Å². The van der Waals surface area contributed by atoms with Crippen molar-refractivity contribution in [2.75, 3.05) is 32.8 Å². The van der Waals surface area contributed by atoms with Gasteiger partial charge in [-0.1, -0.05) is 0 Å². The lowest BCUT2D eigenvalue weighted by atomic mass is 9.77. The number of piperidine rings is 1. The molecule has 4 rings (SSSR count). The van der Waals surface area contributed by atoms with Gasteiger partial charge >= 0.3 is 0 Å². The molecule has 7 nitrogen and oxygen atoms in total. The second-order valence-electron chi connectivity index (χ2n) is 7.58. The van der Waals surface area contributed by atoms with E-state index in [0.29, 0.717) is 24.8 Å². The number of ether oxygens (including phenoxy) is 1. The van der Waals surface area contributed by atoms with Gasteiger partial charge in [0, 0.05) is 52.1 Å². The monoisotopic (exact) mass is 346 g/mol. The third-order valence-electron chi connectivity index (χ3n) is 5.97. The van der Waals surface area contributed by atoms with Gasteiger partial charge < -0.3 is 14.5 Å². The van der Waals surface area contributed by atoms with E-state index >= 15 is 0 Å². The maximum absolute atomic E-state index is 13.3. The van der Waals surface area contributed by atoms with E-state index in [1.165, 1.54) is 0 Å². The number of hydrogen-bond donors (Lipinski definition) is 0. The summed E-state index contributed by atoms with van der Waals surface area (Å²) < 4.78 is 7.08. The Morgan fingerprint density at radius 2 is 2.08 bits per heavy atom. The van der Waals surface area contributed by atoms with E-state index in [4.69, 9.17) is 4.74 Å². The predicted molar refractivity (Wildman–Crippen MR) is 90.9 cm³/mol. The highest BCUT2D eigenvalue weighted by Gasteiger charge is 2.50. The van der Waals surface area contributed by atoms with Gasteiger partial charge in [0.2, 0.25) is 5.91 Å². The van der Waals surface area contributed by atoms with Crippen molar-refractivity contribution in [1.82, 2.24) is 19.6 Å². The maximum atomic E-state index is 13.3. The summed E-state index contributed by atoms with van der Waals surface area (Å²) in [6.45, 7) is 3.50. The number of nitrogens with zero attached hydrogens (tertiary/aromatic N) is 4. The average molecular weight is 346 g/mol. The lowest BCUT2D eigenvalue weighted by Gasteiger charge is -2.44. The fraction of sp³-hybridized carbons (Fsp3) is 0.722. The molecule has 2 amide bonds. The second-order valence-corrected chi connectivity index (χ2v) is 7.58. The first kappa shape index (κ1) is 16.6. The molecule has 3 fully saturated rings. The standard InChI is InChI=1S/C18H26N4O3/c1-20-9-3-15(19-20)16(23)21-10-7-18(13-21)6-2-8-22(17(18)24)14-4-11-25-12-5-14/h3,9,14H,2,4-8,10-13H2,1H3. The second kappa shape index (κ2) is 6.44. The summed E-state index contributed by atoms with van der Waals surface area (Å²) in [7, 11) is 1.80. The summed E-state index contributed by atoms with van der Waals surface area (Å²) in [5.41, 5.74) is 0.0742. The van der Waals surface area contributed by atoms with E-state index in [9.17, 15) is 9.59 Å². The van der Waals surface area contributed by atoms with Gasteiger partial charge in [-0.3, -0.25) is 14.3 Å². The van der Waals surface area contributed by atoms with Crippen molar-refractivity contribution in [2.45, 2.75) is 38.1 Å². The van der Waals surface area contributed by atoms with E-state index < -0.39 is 0 Å². The van der Waals surface area contributed by atoms with Gasteiger partial charge in [0.05, 0.1) is 5.41 Å². The van der Waals surface area contributed by atoms with Crippen molar-refractivity contribution in [3.8, 4) is 0 Å². The molecule has 0 aromatic carbocycles. The third kappa shape index (κ3) is 2.94. The summed E-state index contributed by atoms with van der Waals surface area (Å²) in [6, 6.07) is 2.05. The van der Waals surface area contributed by atoms with Crippen molar-refractivity contribution in [3.63, 3.8) is 0 Å². The summed E-state index contributed by atoms with van der Waals surface area (Å²) in [5.74, 6) is 0.190. The number of carbonyl (C=O) groups excluding carboxylic acids is 2. The molecule has 1 atom stereocenters. The summed E-state index contributed by atoms with van der Waals surface area (Å²) in [4.78, 5) is 29.9. The molecule has 0 aliphatic carbocycles. The van der Waals surface area contributed by atoms with E-state index in [1.54, 1.807) is 24.0 Å². The quantitative estimate of drug-likeness (QED) is 0.803. The zero-order chi connectivity index (χ0) is 17.4. The molecule has 136 valence electrons. The van der Waals surface area contributed by atoms with Crippen LogP contribution < -0.4 is 0 Å². The Bertz CT molecular complexity index is 667. The first-order chi connectivity index (χ1) is 12.1. The molecule has 7 heteroatoms. The minimum atomic E-state index is -0.388. The van der Waals surface area contributed by atoms with Gasteiger partial charge in [0.25, 0.3) is 5.91 Å². The van der Waals surface area contributed by atoms with Crippen LogP contribution in [0, 0.1) is 5.41 Å². The van der Waals surface area contributed by atoms with Gasteiger partial charge in [-0.25, -0.2) is 0 Å². The topological polar surface area (TPSA) is 67.7 Å². The molecule has 4 heterocycles. The van der Waals surface area contributed by atoms with Crippen molar-refractivity contribution < 1.29 is 14.3 Å². The lowest BCUT2D eigenvalue weighted by molar-refractivity contribution is -0.150. The summed E-state index contributed by atoms with van der Waals surface area (Å²) in [5, 5.41) is 4.21. The number of hydrogen-bond acceptors (Lipinski definition) is 4. The fourth-order valence-corrected chi connectivity index (χ4v) is 4.56. The molecule has 25 heavy (non-hydrogen) atoms. The Labute approximate surface area is 147 Å². The van der Waals surface area contributed by atoms with Crippen LogP contribution in [0.3, 0.4) is 0 Å². The Morgan fingerprint density at radius 1 is 1.28 bits per heavy atom. The normalized spacial score (nSPS) is 28.1. The molecule has 0 saturated carbocycles. The number of aryl methyl sites for hydroxylation is 1. The van der Waals surface area contributed by atoms with Gasteiger partial charge in [-0.2, -0.15) is 5.10 Å². The molecule has 0 radical (unpaired) electrons. The van der Waals surface area contributed by atoms with E-state index in [2.05, 4.69) is 10.00 Å². The molecule has 3 saturated heterocycles. The third-order valence-corrected chi connectivity index (χ3v) is 5.97. The number of carbonyl (C=O) groups is 2. The van der Waals surface area contributed by atoms with Crippen LogP contribution in [-0.4, -0.2) is 70.3 Å². The first-order valence-corrected chi connectivity index (χ1v) is 9.27. The number of rotatable bonds is 2. The van der Waals surface area contributed by atoms with Crippen molar-refractivity contribution >= 4 is 11.8 Å². The summed E-state index contributed by atoms with van der Waals surface area (Å²) in [6.07, 6.45) is 6.31. The lowest BCUT2D eigenvalue weighted by Crippen LogP contribution is -2.55. The number of amides is 2. The Kier molecular flexibility index (Phi) is 4.27. The van der Waals surface area contributed by atoms with Crippen molar-refractivity contribution in [3.05, 3.63) is 18.0 Å². The molecule has 1 aromatic rings. The number of likely N-dealkylation sites (tertiary alicyclic amines) is 2. The van der Waals surface area contributed by atoms with Gasteiger partial charge in [0.1, 0.15) is 5.69 Å². The van der Waals surface area contributed by atoms with E-state index in [-0.39, 0.29) is 17.2 Å². The Balaban J connectivity index is 1.48. The minimum Gasteiger partial charge on any atom is -0.381 e. The van der Waals surface area contributed by atoms with E-state index in [0.717, 1.165) is 51.9 Å². The molecule has 3 aliphatic heterocycles. The zero-order valence-electron chi connectivity index (χ0n) is 14.8. The molecular formula is C18H26N4O3. The number of aromatic nitrogens is 2. The van der Waals surface area contributed by atoms with Crippen LogP contribution in [0.2, 0.25) is 0 Å². The average Bonchev–Trinajstić information content (AvgIpc) is 3.25. The van der Waals surface area contributed by atoms with Crippen molar-refractivity contribution in [2.24, 2.45) is 12.5 Å². The van der Waals surface area contributed by atoms with Crippen LogP contribution in [0.25, 0.3) is 0 Å². The molecule has 0 bridgehead atoms. The molecule has 3 aliphatic rings. The van der Waals surface area contributed by atoms with Gasteiger partial charge in [0.15, 0.2) is 0 Å². The largest absolute Gasteiger partial charge is 0.381 e. The maximum Gasteiger partial charge on any atom is 0.274 e. The molecule has 0 N–H and O–H groups in total. The molecular weight excluding hydrogens is 320 g/mol.